The number of nitrogens with zero attached hydrogens (tertiary/aromatic N) is 2. The number of likely N-dealkylation sites (tertiary alicyclic amines) is 1. The molecule has 0 radical (unpaired) electrons. The standard InChI is InChI=1S/C23H28N2O4S/c1-28-19-5-7-20(8-6-19)30-21-14-22(23(27)24-9-11-29-12-10-24)25(16-21)15-17-3-2-4-18(26)13-17/h2-8,13,21-22,26H,9-12,14-16H2,1H3/t21-,22+/m1/s1. The molecule has 2 aromatic carbocycles. The van der Waals surface area contributed by atoms with Gasteiger partial charge in [-0.1, -0.05) is 12.1 Å². The molecule has 2 heterocycles. The number of phenols is 1. The number of aromatic hydroxyl groups is 1. The van der Waals surface area contributed by atoms with E-state index in [9.17, 15) is 9.90 Å². The van der Waals surface area contributed by atoms with Gasteiger partial charge < -0.3 is 19.5 Å². The van der Waals surface area contributed by atoms with E-state index in [2.05, 4.69) is 17.0 Å². The van der Waals surface area contributed by atoms with Crippen molar-refractivity contribution in [3.05, 3.63) is 54.1 Å². The minimum Gasteiger partial charge on any atom is -0.508 e. The Morgan fingerprint density at radius 1 is 1.20 bits per heavy atom. The van der Waals surface area contributed by atoms with Crippen molar-refractivity contribution in [3.8, 4) is 11.5 Å². The van der Waals surface area contributed by atoms with Gasteiger partial charge in [-0.05, 0) is 48.4 Å². The maximum atomic E-state index is 13.3. The highest BCUT2D eigenvalue weighted by Gasteiger charge is 2.39. The largest absolute Gasteiger partial charge is 0.508 e. The highest BCUT2D eigenvalue weighted by Crippen LogP contribution is 2.35. The van der Waals surface area contributed by atoms with Gasteiger partial charge in [0.05, 0.1) is 26.4 Å². The highest BCUT2D eigenvalue weighted by molar-refractivity contribution is 8.00. The molecule has 0 unspecified atom stereocenters. The fraction of sp³-hybridized carbons (Fsp3) is 0.435. The van der Waals surface area contributed by atoms with Gasteiger partial charge in [0.1, 0.15) is 11.5 Å². The molecule has 2 aliphatic heterocycles. The fourth-order valence-electron chi connectivity index (χ4n) is 4.11. The zero-order valence-corrected chi connectivity index (χ0v) is 18.0. The van der Waals surface area contributed by atoms with Gasteiger partial charge in [-0.15, -0.1) is 11.8 Å². The molecular weight excluding hydrogens is 400 g/mol. The van der Waals surface area contributed by atoms with Crippen molar-refractivity contribution in [3.63, 3.8) is 0 Å². The Labute approximate surface area is 181 Å². The molecule has 0 spiro atoms. The smallest absolute Gasteiger partial charge is 0.240 e. The monoisotopic (exact) mass is 428 g/mol. The zero-order valence-electron chi connectivity index (χ0n) is 17.2. The summed E-state index contributed by atoms with van der Waals surface area (Å²) in [6, 6.07) is 15.2. The number of hydrogen-bond donors (Lipinski definition) is 1. The van der Waals surface area contributed by atoms with Gasteiger partial charge in [0.15, 0.2) is 0 Å². The van der Waals surface area contributed by atoms with Gasteiger partial charge >= 0.3 is 0 Å². The van der Waals surface area contributed by atoms with E-state index in [0.29, 0.717) is 38.1 Å². The number of thioether (sulfide) groups is 1. The molecule has 7 heteroatoms. The van der Waals surface area contributed by atoms with Gasteiger partial charge in [-0.2, -0.15) is 0 Å². The Kier molecular flexibility index (Phi) is 6.82. The van der Waals surface area contributed by atoms with Crippen molar-refractivity contribution < 1.29 is 19.4 Å². The Hall–Kier alpha value is -2.22. The average Bonchev–Trinajstić information content (AvgIpc) is 3.16. The first-order chi connectivity index (χ1) is 14.6. The molecular formula is C23H28N2O4S. The lowest BCUT2D eigenvalue weighted by Gasteiger charge is -2.32. The molecule has 0 aromatic heterocycles. The lowest BCUT2D eigenvalue weighted by molar-refractivity contribution is -0.140. The highest BCUT2D eigenvalue weighted by atomic mass is 32.2. The molecule has 6 nitrogen and oxygen atoms in total. The van der Waals surface area contributed by atoms with E-state index in [1.165, 1.54) is 4.90 Å². The van der Waals surface area contributed by atoms with Crippen LogP contribution in [0.5, 0.6) is 11.5 Å². The molecule has 160 valence electrons. The van der Waals surface area contributed by atoms with Crippen molar-refractivity contribution >= 4 is 17.7 Å². The number of morpholine rings is 1. The maximum Gasteiger partial charge on any atom is 0.240 e. The minimum absolute atomic E-state index is 0.152. The summed E-state index contributed by atoms with van der Waals surface area (Å²) in [5, 5.41) is 10.2. The Morgan fingerprint density at radius 2 is 1.97 bits per heavy atom. The van der Waals surface area contributed by atoms with Crippen LogP contribution >= 0.6 is 11.8 Å². The summed E-state index contributed by atoms with van der Waals surface area (Å²) in [5.74, 6) is 1.29. The molecule has 30 heavy (non-hydrogen) atoms. The number of rotatable bonds is 6. The first-order valence-electron chi connectivity index (χ1n) is 10.3. The van der Waals surface area contributed by atoms with Crippen LogP contribution in [0, 0.1) is 0 Å². The van der Waals surface area contributed by atoms with Crippen molar-refractivity contribution in [1.29, 1.82) is 0 Å². The van der Waals surface area contributed by atoms with Gasteiger partial charge in [0.2, 0.25) is 5.91 Å². The van der Waals surface area contributed by atoms with Gasteiger partial charge in [-0.3, -0.25) is 9.69 Å². The number of hydrogen-bond acceptors (Lipinski definition) is 6. The van der Waals surface area contributed by atoms with Crippen LogP contribution in [0.1, 0.15) is 12.0 Å². The molecule has 1 N–H and O–H groups in total. The van der Waals surface area contributed by atoms with E-state index in [-0.39, 0.29) is 17.7 Å². The van der Waals surface area contributed by atoms with Crippen LogP contribution in [0.4, 0.5) is 0 Å². The second-order valence-corrected chi connectivity index (χ2v) is 9.08. The summed E-state index contributed by atoms with van der Waals surface area (Å²) in [4.78, 5) is 18.7. The predicted molar refractivity (Wildman–Crippen MR) is 117 cm³/mol. The first-order valence-corrected chi connectivity index (χ1v) is 11.2. The van der Waals surface area contributed by atoms with Crippen molar-refractivity contribution in [2.75, 3.05) is 40.0 Å². The molecule has 2 aromatic rings. The topological polar surface area (TPSA) is 62.2 Å². The van der Waals surface area contributed by atoms with Gasteiger partial charge in [0, 0.05) is 36.3 Å². The van der Waals surface area contributed by atoms with E-state index in [1.807, 2.05) is 40.9 Å². The Morgan fingerprint density at radius 3 is 2.67 bits per heavy atom. The van der Waals surface area contributed by atoms with Crippen LogP contribution in [-0.2, 0) is 16.1 Å². The van der Waals surface area contributed by atoms with E-state index in [4.69, 9.17) is 9.47 Å². The summed E-state index contributed by atoms with van der Waals surface area (Å²) >= 11 is 1.81. The quantitative estimate of drug-likeness (QED) is 0.763. The minimum atomic E-state index is -0.152. The number of amides is 1. The molecule has 1 amide bonds. The van der Waals surface area contributed by atoms with Crippen LogP contribution < -0.4 is 4.74 Å². The molecule has 0 saturated carbocycles. The van der Waals surface area contributed by atoms with Crippen molar-refractivity contribution in [1.82, 2.24) is 9.80 Å². The summed E-state index contributed by atoms with van der Waals surface area (Å²) < 4.78 is 10.7. The molecule has 4 rings (SSSR count). The Balaban J connectivity index is 1.48. The number of carbonyl (C=O) groups is 1. The summed E-state index contributed by atoms with van der Waals surface area (Å²) in [7, 11) is 1.67. The molecule has 0 aliphatic carbocycles. The lowest BCUT2D eigenvalue weighted by atomic mass is 10.1. The van der Waals surface area contributed by atoms with Crippen LogP contribution in [-0.4, -0.2) is 72.1 Å². The van der Waals surface area contributed by atoms with Crippen LogP contribution in [0.25, 0.3) is 0 Å². The second kappa shape index (κ2) is 9.73. The third-order valence-corrected chi connectivity index (χ3v) is 6.85. The summed E-state index contributed by atoms with van der Waals surface area (Å²) in [6.07, 6.45) is 0.811. The third kappa shape index (κ3) is 5.09. The normalized spacial score (nSPS) is 22.2. The summed E-state index contributed by atoms with van der Waals surface area (Å²) in [5.41, 5.74) is 1.02. The van der Waals surface area contributed by atoms with Crippen LogP contribution in [0.3, 0.4) is 0 Å². The second-order valence-electron chi connectivity index (χ2n) is 7.70. The first kappa shape index (κ1) is 21.0. The number of carbonyl (C=O) groups excluding carboxylic acids is 1. The van der Waals surface area contributed by atoms with E-state index in [0.717, 1.165) is 24.3 Å². The van der Waals surface area contributed by atoms with Crippen molar-refractivity contribution in [2.45, 2.75) is 29.2 Å². The third-order valence-electron chi connectivity index (χ3n) is 5.63. The predicted octanol–water partition coefficient (Wildman–Crippen LogP) is 2.99. The number of ether oxygens (including phenoxy) is 2. The number of benzene rings is 2. The van der Waals surface area contributed by atoms with Gasteiger partial charge in [0.25, 0.3) is 0 Å². The van der Waals surface area contributed by atoms with E-state index >= 15 is 0 Å². The van der Waals surface area contributed by atoms with E-state index in [1.54, 1.807) is 19.2 Å². The SMILES string of the molecule is COc1ccc(S[C@@H]2C[C@@H](C(=O)N3CCOCC3)N(Cc3cccc(O)c3)C2)cc1. The number of methoxy groups -OCH3 is 1. The zero-order chi connectivity index (χ0) is 20.9. The lowest BCUT2D eigenvalue weighted by Crippen LogP contribution is -2.49. The maximum absolute atomic E-state index is 13.3. The van der Waals surface area contributed by atoms with E-state index < -0.39 is 0 Å². The summed E-state index contributed by atoms with van der Waals surface area (Å²) in [6.45, 7) is 4.00. The molecule has 2 aliphatic rings. The molecule has 0 bridgehead atoms. The number of phenolic OH excluding ortho intramolecular Hbond substituents is 1. The fourth-order valence-corrected chi connectivity index (χ4v) is 5.33. The average molecular weight is 429 g/mol. The molecule has 2 fully saturated rings. The molecule has 2 atom stereocenters. The van der Waals surface area contributed by atoms with Gasteiger partial charge in [-0.25, -0.2) is 0 Å². The van der Waals surface area contributed by atoms with Crippen LogP contribution in [0.2, 0.25) is 0 Å². The molecule has 2 saturated heterocycles. The Bertz CT molecular complexity index is 855. The van der Waals surface area contributed by atoms with Crippen LogP contribution in [0.15, 0.2) is 53.4 Å². The van der Waals surface area contributed by atoms with Crippen molar-refractivity contribution in [2.24, 2.45) is 0 Å².